The minimum absolute atomic E-state index is 1.33. The van der Waals surface area contributed by atoms with E-state index in [4.69, 9.17) is 0 Å². The van der Waals surface area contributed by atoms with Crippen LogP contribution in [0.25, 0.3) is 10.9 Å². The smallest absolute Gasteiger partial charge is 0.0856 e. The molecule has 2 aliphatic heterocycles. The summed E-state index contributed by atoms with van der Waals surface area (Å²) < 4.78 is 2.16. The van der Waals surface area contributed by atoms with Crippen molar-refractivity contribution in [3.8, 4) is 0 Å². The fourth-order valence-electron chi connectivity index (χ4n) is 1.51. The number of rotatable bonds is 0. The molecule has 0 spiro atoms. The Morgan fingerprint density at radius 2 is 1.90 bits per heavy atom. The lowest BCUT2D eigenvalue weighted by Gasteiger charge is -2.04. The van der Waals surface area contributed by atoms with E-state index in [1.807, 2.05) is 0 Å². The van der Waals surface area contributed by atoms with Gasteiger partial charge in [-0.1, -0.05) is 18.2 Å². The molecule has 0 N–H and O–H groups in total. The molecule has 3 heterocycles. The first-order chi connectivity index (χ1) is 4.95. The molecule has 4 rings (SSSR count). The Hall–Kier alpha value is -1.24. The van der Waals surface area contributed by atoms with Gasteiger partial charge in [-0.25, -0.2) is 0 Å². The Labute approximate surface area is 58.9 Å². The Bertz CT molecular complexity index is 362. The van der Waals surface area contributed by atoms with Crippen molar-refractivity contribution in [2.45, 2.75) is 0 Å². The summed E-state index contributed by atoms with van der Waals surface area (Å²) in [4.78, 5) is 0. The number of hydrogen-bond acceptors (Lipinski definition) is 0. The fourth-order valence-corrected chi connectivity index (χ4v) is 1.51. The monoisotopic (exact) mass is 128 g/mol. The summed E-state index contributed by atoms with van der Waals surface area (Å²) in [5.41, 5.74) is 2.70. The minimum Gasteiger partial charge on any atom is -0.337 e. The van der Waals surface area contributed by atoms with E-state index in [1.165, 1.54) is 16.5 Å². The van der Waals surface area contributed by atoms with E-state index < -0.39 is 0 Å². The number of benzene rings is 1. The average Bonchev–Trinajstić information content (AvgIpc) is 2.36. The highest BCUT2D eigenvalue weighted by molar-refractivity contribution is 5.89. The van der Waals surface area contributed by atoms with E-state index in [0.29, 0.717) is 0 Å². The van der Waals surface area contributed by atoms with Gasteiger partial charge in [0.25, 0.3) is 0 Å². The summed E-state index contributed by atoms with van der Waals surface area (Å²) >= 11 is 0. The van der Waals surface area contributed by atoms with Crippen LogP contribution in [0.3, 0.4) is 0 Å². The van der Waals surface area contributed by atoms with Crippen molar-refractivity contribution in [2.24, 2.45) is 0 Å². The van der Waals surface area contributed by atoms with Gasteiger partial charge in [-0.3, -0.25) is 0 Å². The highest BCUT2D eigenvalue weighted by atomic mass is 15.0. The van der Waals surface area contributed by atoms with Crippen LogP contribution in [0.4, 0.5) is 0 Å². The van der Waals surface area contributed by atoms with Crippen LogP contribution in [0.5, 0.6) is 0 Å². The second-order valence-corrected chi connectivity index (χ2v) is 2.64. The van der Waals surface area contributed by atoms with Crippen molar-refractivity contribution in [3.63, 3.8) is 0 Å². The summed E-state index contributed by atoms with van der Waals surface area (Å²) in [5.74, 6) is 0. The molecule has 2 aromatic rings. The van der Waals surface area contributed by atoms with Crippen LogP contribution in [0.2, 0.25) is 0 Å². The van der Waals surface area contributed by atoms with E-state index >= 15 is 0 Å². The second kappa shape index (κ2) is 1.26. The number of aromatic nitrogens is 1. The molecule has 47 valence electrons. The molecule has 1 heteroatoms. The van der Waals surface area contributed by atoms with Crippen LogP contribution in [0.15, 0.2) is 30.5 Å². The SMILES string of the molecule is [CH]1c2cn1c1ccccc21. The molecule has 0 aliphatic carbocycles. The molecule has 1 nitrogen and oxygen atoms in total. The van der Waals surface area contributed by atoms with Crippen LogP contribution in [0, 0.1) is 6.54 Å². The molecular formula is C9H6N. The number of para-hydroxylation sites is 1. The Kier molecular flexibility index (Phi) is 0.575. The van der Waals surface area contributed by atoms with Crippen molar-refractivity contribution in [1.82, 2.24) is 4.57 Å². The van der Waals surface area contributed by atoms with Gasteiger partial charge in [-0.2, -0.15) is 0 Å². The molecule has 0 atom stereocenters. The first kappa shape index (κ1) is 4.56. The van der Waals surface area contributed by atoms with E-state index in [9.17, 15) is 0 Å². The number of nitrogens with zero attached hydrogens (tertiary/aromatic N) is 1. The Morgan fingerprint density at radius 3 is 2.70 bits per heavy atom. The quantitative estimate of drug-likeness (QED) is 0.436. The highest BCUT2D eigenvalue weighted by Crippen LogP contribution is 2.31. The number of hydrogen-bond donors (Lipinski definition) is 0. The molecule has 0 amide bonds. The lowest BCUT2D eigenvalue weighted by atomic mass is 10.2. The van der Waals surface area contributed by atoms with Gasteiger partial charge in [0.05, 0.1) is 6.54 Å². The molecule has 0 saturated carbocycles. The maximum Gasteiger partial charge on any atom is 0.0856 e. The summed E-state index contributed by atoms with van der Waals surface area (Å²) in [6, 6.07) is 8.45. The third kappa shape index (κ3) is 0.338. The third-order valence-electron chi connectivity index (χ3n) is 2.05. The molecule has 1 aromatic carbocycles. The van der Waals surface area contributed by atoms with Crippen LogP contribution in [0.1, 0.15) is 5.56 Å². The first-order valence-corrected chi connectivity index (χ1v) is 3.39. The Balaban J connectivity index is 2.67. The van der Waals surface area contributed by atoms with Gasteiger partial charge < -0.3 is 4.57 Å². The van der Waals surface area contributed by atoms with Gasteiger partial charge in [-0.15, -0.1) is 0 Å². The molecule has 10 heavy (non-hydrogen) atoms. The summed E-state index contributed by atoms with van der Waals surface area (Å²) in [5, 5.41) is 1.38. The average molecular weight is 128 g/mol. The standard InChI is InChI=1S/C9H6N/c1-2-4-9-8(3-1)7-5-10(9)6-7/h1-6H. The van der Waals surface area contributed by atoms with Gasteiger partial charge in [0.2, 0.25) is 0 Å². The van der Waals surface area contributed by atoms with E-state index in [0.717, 1.165) is 0 Å². The second-order valence-electron chi connectivity index (χ2n) is 2.64. The first-order valence-electron chi connectivity index (χ1n) is 3.39. The topological polar surface area (TPSA) is 4.93 Å². The van der Waals surface area contributed by atoms with Crippen molar-refractivity contribution < 1.29 is 0 Å². The normalized spacial score (nSPS) is 13.6. The fraction of sp³-hybridized carbons (Fsp3) is 0. The summed E-state index contributed by atoms with van der Waals surface area (Å²) in [6.07, 6.45) is 2.16. The van der Waals surface area contributed by atoms with Crippen molar-refractivity contribution in [3.05, 3.63) is 42.6 Å². The summed E-state index contributed by atoms with van der Waals surface area (Å²) in [6.45, 7) is 2.16. The van der Waals surface area contributed by atoms with Gasteiger partial charge in [0.15, 0.2) is 0 Å². The van der Waals surface area contributed by atoms with Gasteiger partial charge in [0, 0.05) is 22.7 Å². The van der Waals surface area contributed by atoms with E-state index in [-0.39, 0.29) is 0 Å². The van der Waals surface area contributed by atoms with Crippen molar-refractivity contribution >= 4 is 10.9 Å². The Morgan fingerprint density at radius 1 is 1.10 bits per heavy atom. The third-order valence-corrected chi connectivity index (χ3v) is 2.05. The lowest BCUT2D eigenvalue weighted by Crippen LogP contribution is -1.98. The van der Waals surface area contributed by atoms with Crippen LogP contribution < -0.4 is 0 Å². The van der Waals surface area contributed by atoms with E-state index in [1.54, 1.807) is 0 Å². The van der Waals surface area contributed by atoms with Gasteiger partial charge >= 0.3 is 0 Å². The zero-order chi connectivity index (χ0) is 6.55. The predicted octanol–water partition coefficient (Wildman–Crippen LogP) is 2.01. The van der Waals surface area contributed by atoms with Crippen LogP contribution in [-0.2, 0) is 0 Å². The maximum absolute atomic E-state index is 2.16. The molecule has 2 aliphatic rings. The zero-order valence-corrected chi connectivity index (χ0v) is 5.41. The van der Waals surface area contributed by atoms with Gasteiger partial charge in [-0.05, 0) is 6.07 Å². The van der Waals surface area contributed by atoms with Crippen molar-refractivity contribution in [2.75, 3.05) is 0 Å². The predicted molar refractivity (Wildman–Crippen MR) is 40.7 cm³/mol. The largest absolute Gasteiger partial charge is 0.337 e. The molecule has 1 radical (unpaired) electrons. The maximum atomic E-state index is 2.16. The zero-order valence-electron chi connectivity index (χ0n) is 5.41. The van der Waals surface area contributed by atoms with Crippen molar-refractivity contribution in [1.29, 1.82) is 0 Å². The minimum atomic E-state index is 1.33. The molecule has 0 fully saturated rings. The highest BCUT2D eigenvalue weighted by Gasteiger charge is 2.16. The van der Waals surface area contributed by atoms with Crippen LogP contribution >= 0.6 is 0 Å². The molecule has 1 aromatic heterocycles. The lowest BCUT2D eigenvalue weighted by molar-refractivity contribution is 0.973. The van der Waals surface area contributed by atoms with E-state index in [2.05, 4.69) is 41.6 Å². The van der Waals surface area contributed by atoms with Crippen LogP contribution in [-0.4, -0.2) is 4.57 Å². The molecular weight excluding hydrogens is 122 g/mol. The molecule has 0 unspecified atom stereocenters. The molecule has 0 saturated heterocycles. The summed E-state index contributed by atoms with van der Waals surface area (Å²) in [7, 11) is 0. The molecule has 2 bridgehead atoms. The van der Waals surface area contributed by atoms with Gasteiger partial charge in [0.1, 0.15) is 0 Å².